The Kier molecular flexibility index (Phi) is 5.66. The lowest BCUT2D eigenvalue weighted by Crippen LogP contribution is -2.14. The van der Waals surface area contributed by atoms with Gasteiger partial charge in [0.05, 0.1) is 0 Å². The van der Waals surface area contributed by atoms with Crippen LogP contribution in [0.4, 0.5) is 5.69 Å². The number of hydrogen-bond acceptors (Lipinski definition) is 4. The lowest BCUT2D eigenvalue weighted by atomic mass is 10.1. The predicted octanol–water partition coefficient (Wildman–Crippen LogP) is 3.73. The summed E-state index contributed by atoms with van der Waals surface area (Å²) in [5, 5.41) is 2.83. The Labute approximate surface area is 155 Å². The van der Waals surface area contributed by atoms with Crippen molar-refractivity contribution in [3.8, 4) is 0 Å². The van der Waals surface area contributed by atoms with Gasteiger partial charge in [0.25, 0.3) is 5.91 Å². The van der Waals surface area contributed by atoms with E-state index in [4.69, 9.17) is 5.73 Å². The number of primary amides is 1. The fourth-order valence-corrected chi connectivity index (χ4v) is 3.11. The Morgan fingerprint density at radius 2 is 1.65 bits per heavy atom. The van der Waals surface area contributed by atoms with Crippen LogP contribution in [0, 0.1) is 0 Å². The van der Waals surface area contributed by atoms with Crippen LogP contribution in [-0.4, -0.2) is 16.8 Å². The summed E-state index contributed by atoms with van der Waals surface area (Å²) >= 11 is 1.71. The normalized spacial score (nSPS) is 10.3. The SMILES string of the molecule is NC(=O)c1ccc(C(=O)Nc2ccc(SCc3cccnc3)cc2)cc1. The summed E-state index contributed by atoms with van der Waals surface area (Å²) in [7, 11) is 0. The maximum Gasteiger partial charge on any atom is 0.255 e. The van der Waals surface area contributed by atoms with Gasteiger partial charge in [-0.05, 0) is 60.2 Å². The van der Waals surface area contributed by atoms with Crippen molar-refractivity contribution in [1.82, 2.24) is 4.98 Å². The third-order valence-electron chi connectivity index (χ3n) is 3.67. The Hall–Kier alpha value is -3.12. The van der Waals surface area contributed by atoms with Gasteiger partial charge in [0.2, 0.25) is 5.91 Å². The summed E-state index contributed by atoms with van der Waals surface area (Å²) in [6.45, 7) is 0. The van der Waals surface area contributed by atoms with E-state index in [9.17, 15) is 9.59 Å². The molecule has 0 aliphatic heterocycles. The molecule has 2 aromatic carbocycles. The number of carbonyl (C=O) groups excluding carboxylic acids is 2. The second-order valence-electron chi connectivity index (χ2n) is 5.57. The molecule has 1 heterocycles. The molecule has 5 nitrogen and oxygen atoms in total. The highest BCUT2D eigenvalue weighted by Gasteiger charge is 2.07. The van der Waals surface area contributed by atoms with Crippen molar-refractivity contribution in [3.05, 3.63) is 89.7 Å². The quantitative estimate of drug-likeness (QED) is 0.654. The molecule has 0 aliphatic carbocycles. The molecule has 0 unspecified atom stereocenters. The molecule has 0 atom stereocenters. The molecule has 3 aromatic rings. The van der Waals surface area contributed by atoms with Crippen LogP contribution in [-0.2, 0) is 5.75 Å². The molecule has 130 valence electrons. The van der Waals surface area contributed by atoms with Crippen LogP contribution in [0.25, 0.3) is 0 Å². The first-order valence-electron chi connectivity index (χ1n) is 7.95. The molecule has 0 aliphatic rings. The minimum absolute atomic E-state index is 0.239. The van der Waals surface area contributed by atoms with E-state index in [0.29, 0.717) is 16.8 Å². The van der Waals surface area contributed by atoms with Gasteiger partial charge in [0.1, 0.15) is 0 Å². The zero-order valence-corrected chi connectivity index (χ0v) is 14.7. The smallest absolute Gasteiger partial charge is 0.255 e. The van der Waals surface area contributed by atoms with Crippen molar-refractivity contribution in [1.29, 1.82) is 0 Å². The summed E-state index contributed by atoms with van der Waals surface area (Å²) in [4.78, 5) is 28.5. The molecule has 0 fully saturated rings. The number of anilines is 1. The Bertz CT molecular complexity index is 895. The maximum absolute atomic E-state index is 12.3. The maximum atomic E-state index is 12.3. The molecule has 0 saturated carbocycles. The minimum atomic E-state index is -0.517. The molecule has 1 aromatic heterocycles. The first-order chi connectivity index (χ1) is 12.6. The fraction of sp³-hybridized carbons (Fsp3) is 0.0500. The number of nitrogens with one attached hydrogen (secondary N) is 1. The molecule has 6 heteroatoms. The summed E-state index contributed by atoms with van der Waals surface area (Å²) in [5.74, 6) is 0.0827. The van der Waals surface area contributed by atoms with E-state index in [1.165, 1.54) is 12.1 Å². The van der Waals surface area contributed by atoms with Crippen LogP contribution in [0.5, 0.6) is 0 Å². The van der Waals surface area contributed by atoms with Crippen LogP contribution < -0.4 is 11.1 Å². The lowest BCUT2D eigenvalue weighted by molar-refractivity contribution is 0.0995. The van der Waals surface area contributed by atoms with Crippen LogP contribution in [0.3, 0.4) is 0 Å². The number of thioether (sulfide) groups is 1. The molecule has 26 heavy (non-hydrogen) atoms. The summed E-state index contributed by atoms with van der Waals surface area (Å²) in [6, 6.07) is 17.8. The number of rotatable bonds is 6. The summed E-state index contributed by atoms with van der Waals surface area (Å²) in [5.41, 5.74) is 7.90. The number of pyridine rings is 1. The van der Waals surface area contributed by atoms with Gasteiger partial charge in [0, 0.05) is 39.9 Å². The van der Waals surface area contributed by atoms with E-state index in [1.807, 2.05) is 42.6 Å². The molecule has 2 amide bonds. The number of amides is 2. The van der Waals surface area contributed by atoms with Crippen molar-refractivity contribution in [3.63, 3.8) is 0 Å². The van der Waals surface area contributed by atoms with E-state index in [0.717, 1.165) is 16.2 Å². The standard InChI is InChI=1S/C20H17N3O2S/c21-19(24)15-3-5-16(6-4-15)20(25)23-17-7-9-18(10-8-17)26-13-14-2-1-11-22-12-14/h1-12H,13H2,(H2,21,24)(H,23,25). The molecule has 0 saturated heterocycles. The lowest BCUT2D eigenvalue weighted by Gasteiger charge is -2.07. The van der Waals surface area contributed by atoms with Crippen LogP contribution in [0.1, 0.15) is 26.3 Å². The van der Waals surface area contributed by atoms with Gasteiger partial charge in [-0.1, -0.05) is 6.07 Å². The van der Waals surface area contributed by atoms with E-state index in [2.05, 4.69) is 10.3 Å². The number of nitrogens with two attached hydrogens (primary N) is 1. The first-order valence-corrected chi connectivity index (χ1v) is 8.93. The zero-order valence-electron chi connectivity index (χ0n) is 13.9. The van der Waals surface area contributed by atoms with Crippen molar-refractivity contribution in [2.45, 2.75) is 10.6 Å². The van der Waals surface area contributed by atoms with Gasteiger partial charge >= 0.3 is 0 Å². The van der Waals surface area contributed by atoms with E-state index < -0.39 is 5.91 Å². The van der Waals surface area contributed by atoms with Gasteiger partial charge in [-0.3, -0.25) is 14.6 Å². The molecule has 3 rings (SSSR count). The summed E-state index contributed by atoms with van der Waals surface area (Å²) < 4.78 is 0. The highest BCUT2D eigenvalue weighted by atomic mass is 32.2. The second kappa shape index (κ2) is 8.31. The van der Waals surface area contributed by atoms with Crippen molar-refractivity contribution in [2.75, 3.05) is 5.32 Å². The molecular formula is C20H17N3O2S. The Morgan fingerprint density at radius 1 is 0.962 bits per heavy atom. The van der Waals surface area contributed by atoms with E-state index >= 15 is 0 Å². The summed E-state index contributed by atoms with van der Waals surface area (Å²) in [6.07, 6.45) is 3.61. The number of aromatic nitrogens is 1. The average molecular weight is 363 g/mol. The molecule has 3 N–H and O–H groups in total. The van der Waals surface area contributed by atoms with Crippen LogP contribution >= 0.6 is 11.8 Å². The molecule has 0 bridgehead atoms. The van der Waals surface area contributed by atoms with Crippen LogP contribution in [0.2, 0.25) is 0 Å². The van der Waals surface area contributed by atoms with Gasteiger partial charge in [-0.15, -0.1) is 11.8 Å². The Morgan fingerprint density at radius 3 is 2.27 bits per heavy atom. The number of carbonyl (C=O) groups is 2. The first kappa shape index (κ1) is 17.7. The van der Waals surface area contributed by atoms with Gasteiger partial charge in [0.15, 0.2) is 0 Å². The topological polar surface area (TPSA) is 85.1 Å². The van der Waals surface area contributed by atoms with Crippen molar-refractivity contribution in [2.24, 2.45) is 5.73 Å². The van der Waals surface area contributed by atoms with Crippen molar-refractivity contribution >= 4 is 29.3 Å². The molecular weight excluding hydrogens is 346 g/mol. The highest BCUT2D eigenvalue weighted by molar-refractivity contribution is 7.98. The Balaban J connectivity index is 1.58. The third kappa shape index (κ3) is 4.70. The second-order valence-corrected chi connectivity index (χ2v) is 6.62. The fourth-order valence-electron chi connectivity index (χ4n) is 2.27. The number of benzene rings is 2. The van der Waals surface area contributed by atoms with Gasteiger partial charge in [-0.2, -0.15) is 0 Å². The minimum Gasteiger partial charge on any atom is -0.366 e. The largest absolute Gasteiger partial charge is 0.366 e. The highest BCUT2D eigenvalue weighted by Crippen LogP contribution is 2.24. The third-order valence-corrected chi connectivity index (χ3v) is 4.76. The van der Waals surface area contributed by atoms with Gasteiger partial charge < -0.3 is 11.1 Å². The molecule has 0 spiro atoms. The monoisotopic (exact) mass is 363 g/mol. The zero-order chi connectivity index (χ0) is 18.4. The predicted molar refractivity (Wildman–Crippen MR) is 103 cm³/mol. The van der Waals surface area contributed by atoms with E-state index in [1.54, 1.807) is 30.1 Å². The van der Waals surface area contributed by atoms with Crippen molar-refractivity contribution < 1.29 is 9.59 Å². The number of nitrogens with zero attached hydrogens (tertiary/aromatic N) is 1. The van der Waals surface area contributed by atoms with Gasteiger partial charge in [-0.25, -0.2) is 0 Å². The number of hydrogen-bond donors (Lipinski definition) is 2. The average Bonchev–Trinajstić information content (AvgIpc) is 2.68. The molecule has 0 radical (unpaired) electrons. The van der Waals surface area contributed by atoms with Crippen LogP contribution in [0.15, 0.2) is 78.0 Å². The van der Waals surface area contributed by atoms with E-state index in [-0.39, 0.29) is 5.91 Å².